The number of aromatic nitrogens is 1. The number of methoxy groups -OCH3 is 1. The Bertz CT molecular complexity index is 1030. The van der Waals surface area contributed by atoms with E-state index in [1.165, 1.54) is 0 Å². The van der Waals surface area contributed by atoms with Gasteiger partial charge in [-0.1, -0.05) is 18.2 Å². The summed E-state index contributed by atoms with van der Waals surface area (Å²) in [5.41, 5.74) is 8.22. The van der Waals surface area contributed by atoms with Crippen molar-refractivity contribution < 1.29 is 19.1 Å². The molecule has 7 nitrogen and oxygen atoms in total. The number of amides is 2. The third-order valence-electron chi connectivity index (χ3n) is 4.88. The van der Waals surface area contributed by atoms with Crippen LogP contribution in [0.1, 0.15) is 34.6 Å². The van der Waals surface area contributed by atoms with Crippen molar-refractivity contribution in [2.24, 2.45) is 0 Å². The van der Waals surface area contributed by atoms with Gasteiger partial charge in [0.05, 0.1) is 19.3 Å². The zero-order valence-electron chi connectivity index (χ0n) is 18.0. The normalized spacial score (nSPS) is 10.4. The average Bonchev–Trinajstić information content (AvgIpc) is 3.10. The van der Waals surface area contributed by atoms with E-state index in [2.05, 4.69) is 10.9 Å². The Balaban J connectivity index is 1.45. The van der Waals surface area contributed by atoms with Gasteiger partial charge in [0.15, 0.2) is 0 Å². The molecule has 0 fully saturated rings. The molecule has 0 atom stereocenters. The Morgan fingerprint density at radius 2 is 1.61 bits per heavy atom. The lowest BCUT2D eigenvalue weighted by Crippen LogP contribution is -2.41. The molecule has 3 rings (SSSR count). The first-order chi connectivity index (χ1) is 15.0. The Labute approximate surface area is 182 Å². The van der Waals surface area contributed by atoms with Crippen LogP contribution < -0.4 is 20.3 Å². The molecular formula is C24H27N3O4. The van der Waals surface area contributed by atoms with E-state index in [4.69, 9.17) is 9.47 Å². The van der Waals surface area contributed by atoms with Crippen molar-refractivity contribution in [3.63, 3.8) is 0 Å². The Morgan fingerprint density at radius 3 is 2.29 bits per heavy atom. The molecule has 2 amide bonds. The summed E-state index contributed by atoms with van der Waals surface area (Å²) in [4.78, 5) is 24.6. The number of ether oxygens (including phenoxy) is 2. The van der Waals surface area contributed by atoms with Gasteiger partial charge in [0, 0.05) is 23.5 Å². The summed E-state index contributed by atoms with van der Waals surface area (Å²) in [6.07, 6.45) is 0.760. The third kappa shape index (κ3) is 5.66. The van der Waals surface area contributed by atoms with Crippen molar-refractivity contribution in [1.82, 2.24) is 15.4 Å². The van der Waals surface area contributed by atoms with Crippen LogP contribution in [0.25, 0.3) is 5.69 Å². The fourth-order valence-electron chi connectivity index (χ4n) is 3.32. The van der Waals surface area contributed by atoms with E-state index in [1.54, 1.807) is 7.11 Å². The van der Waals surface area contributed by atoms with Crippen molar-refractivity contribution in [2.75, 3.05) is 13.7 Å². The van der Waals surface area contributed by atoms with Crippen LogP contribution in [0.2, 0.25) is 0 Å². The number of hydrogen-bond acceptors (Lipinski definition) is 4. The van der Waals surface area contributed by atoms with Crippen LogP contribution in [0.15, 0.2) is 60.7 Å². The summed E-state index contributed by atoms with van der Waals surface area (Å²) in [6.45, 7) is 4.22. The standard InChI is InChI=1S/C24H27N3O4/c1-17-16-22(18(2)27(17)19-8-5-4-6-9-19)24(29)26-25-23(28)10-7-15-31-21-13-11-20(30-3)12-14-21/h4-6,8-9,11-14,16H,7,10,15H2,1-3H3,(H,25,28)(H,26,29). The maximum Gasteiger partial charge on any atom is 0.271 e. The summed E-state index contributed by atoms with van der Waals surface area (Å²) in [5.74, 6) is 0.844. The van der Waals surface area contributed by atoms with Crippen LogP contribution in [0, 0.1) is 13.8 Å². The zero-order chi connectivity index (χ0) is 22.2. The number of nitrogens with zero attached hydrogens (tertiary/aromatic N) is 1. The van der Waals surface area contributed by atoms with Crippen molar-refractivity contribution in [2.45, 2.75) is 26.7 Å². The van der Waals surface area contributed by atoms with Gasteiger partial charge >= 0.3 is 0 Å². The molecule has 162 valence electrons. The molecule has 0 aliphatic carbocycles. The SMILES string of the molecule is COc1ccc(OCCCC(=O)NNC(=O)c2cc(C)n(-c3ccccc3)c2C)cc1. The number of rotatable bonds is 8. The highest BCUT2D eigenvalue weighted by atomic mass is 16.5. The van der Waals surface area contributed by atoms with Gasteiger partial charge in [-0.3, -0.25) is 20.4 Å². The molecule has 0 radical (unpaired) electrons. The molecule has 0 saturated carbocycles. The zero-order valence-corrected chi connectivity index (χ0v) is 18.0. The van der Waals surface area contributed by atoms with Crippen LogP contribution in [0.3, 0.4) is 0 Å². The van der Waals surface area contributed by atoms with E-state index in [0.717, 1.165) is 22.8 Å². The summed E-state index contributed by atoms with van der Waals surface area (Å²) in [7, 11) is 1.61. The van der Waals surface area contributed by atoms with Crippen molar-refractivity contribution >= 4 is 11.8 Å². The van der Waals surface area contributed by atoms with Gasteiger partial charge in [0.1, 0.15) is 11.5 Å². The number of aryl methyl sites for hydroxylation is 1. The highest BCUT2D eigenvalue weighted by Gasteiger charge is 2.17. The molecule has 2 N–H and O–H groups in total. The molecule has 2 aromatic carbocycles. The largest absolute Gasteiger partial charge is 0.497 e. The van der Waals surface area contributed by atoms with Gasteiger partial charge < -0.3 is 14.0 Å². The molecule has 7 heteroatoms. The molecule has 0 aliphatic rings. The highest BCUT2D eigenvalue weighted by Crippen LogP contribution is 2.20. The number of hydrogen-bond donors (Lipinski definition) is 2. The van der Waals surface area contributed by atoms with Crippen molar-refractivity contribution in [3.8, 4) is 17.2 Å². The van der Waals surface area contributed by atoms with Crippen molar-refractivity contribution in [1.29, 1.82) is 0 Å². The first-order valence-electron chi connectivity index (χ1n) is 10.1. The second-order valence-electron chi connectivity index (χ2n) is 7.09. The fraction of sp³-hybridized carbons (Fsp3) is 0.250. The Kier molecular flexibility index (Phi) is 7.32. The van der Waals surface area contributed by atoms with E-state index in [-0.39, 0.29) is 18.2 Å². The van der Waals surface area contributed by atoms with Gasteiger partial charge in [-0.25, -0.2) is 0 Å². The molecule has 0 bridgehead atoms. The predicted molar refractivity (Wildman–Crippen MR) is 119 cm³/mol. The number of para-hydroxylation sites is 1. The minimum Gasteiger partial charge on any atom is -0.497 e. The lowest BCUT2D eigenvalue weighted by atomic mass is 10.2. The molecule has 0 aliphatic heterocycles. The summed E-state index contributed by atoms with van der Waals surface area (Å²) in [6, 6.07) is 18.9. The minimum atomic E-state index is -0.349. The number of benzene rings is 2. The molecule has 0 unspecified atom stereocenters. The molecule has 0 saturated heterocycles. The monoisotopic (exact) mass is 421 g/mol. The summed E-state index contributed by atoms with van der Waals surface area (Å²) in [5, 5.41) is 0. The molecule has 0 spiro atoms. The van der Waals surface area contributed by atoms with Crippen LogP contribution in [0.5, 0.6) is 11.5 Å². The second-order valence-corrected chi connectivity index (χ2v) is 7.09. The Hall–Kier alpha value is -3.74. The first-order valence-corrected chi connectivity index (χ1v) is 10.1. The number of hydrazine groups is 1. The van der Waals surface area contributed by atoms with E-state index in [1.807, 2.05) is 79.1 Å². The summed E-state index contributed by atoms with van der Waals surface area (Å²) >= 11 is 0. The maximum absolute atomic E-state index is 12.6. The lowest BCUT2D eigenvalue weighted by molar-refractivity contribution is -0.122. The minimum absolute atomic E-state index is 0.236. The predicted octanol–water partition coefficient (Wildman–Crippen LogP) is 3.72. The topological polar surface area (TPSA) is 81.6 Å². The van der Waals surface area contributed by atoms with Crippen LogP contribution in [0.4, 0.5) is 0 Å². The quantitative estimate of drug-likeness (QED) is 0.429. The van der Waals surface area contributed by atoms with E-state index in [9.17, 15) is 9.59 Å². The molecule has 31 heavy (non-hydrogen) atoms. The maximum atomic E-state index is 12.6. The number of nitrogens with one attached hydrogen (secondary N) is 2. The van der Waals surface area contributed by atoms with Crippen molar-refractivity contribution in [3.05, 3.63) is 77.6 Å². The third-order valence-corrected chi connectivity index (χ3v) is 4.88. The molecule has 1 heterocycles. The van der Waals surface area contributed by atoms with E-state index in [0.29, 0.717) is 24.3 Å². The molecule has 1 aromatic heterocycles. The van der Waals surface area contributed by atoms with Gasteiger partial charge in [-0.05, 0) is 62.7 Å². The lowest BCUT2D eigenvalue weighted by Gasteiger charge is -2.10. The summed E-state index contributed by atoms with van der Waals surface area (Å²) < 4.78 is 12.7. The van der Waals surface area contributed by atoms with E-state index >= 15 is 0 Å². The number of carbonyl (C=O) groups is 2. The number of carbonyl (C=O) groups excluding carboxylic acids is 2. The first kappa shape index (κ1) is 22.0. The average molecular weight is 421 g/mol. The van der Waals surface area contributed by atoms with Crippen LogP contribution in [-0.4, -0.2) is 30.1 Å². The van der Waals surface area contributed by atoms with Crippen LogP contribution >= 0.6 is 0 Å². The van der Waals surface area contributed by atoms with Crippen LogP contribution in [-0.2, 0) is 4.79 Å². The molecular weight excluding hydrogens is 394 g/mol. The van der Waals surface area contributed by atoms with Gasteiger partial charge in [0.2, 0.25) is 5.91 Å². The van der Waals surface area contributed by atoms with Gasteiger partial charge in [0.25, 0.3) is 5.91 Å². The van der Waals surface area contributed by atoms with E-state index < -0.39 is 0 Å². The second kappa shape index (κ2) is 10.3. The highest BCUT2D eigenvalue weighted by molar-refractivity contribution is 5.97. The molecule has 3 aromatic rings. The fourth-order valence-corrected chi connectivity index (χ4v) is 3.32. The Morgan fingerprint density at radius 1 is 0.935 bits per heavy atom. The smallest absolute Gasteiger partial charge is 0.271 e. The van der Waals surface area contributed by atoms with Gasteiger partial charge in [-0.2, -0.15) is 0 Å². The van der Waals surface area contributed by atoms with Gasteiger partial charge in [-0.15, -0.1) is 0 Å².